The quantitative estimate of drug-likeness (QED) is 0.801. The summed E-state index contributed by atoms with van der Waals surface area (Å²) in [6, 6.07) is 4.51. The summed E-state index contributed by atoms with van der Waals surface area (Å²) in [5, 5.41) is 5.69. The topological polar surface area (TPSA) is 41.1 Å². The van der Waals surface area contributed by atoms with Gasteiger partial charge in [-0.3, -0.25) is 4.79 Å². The average molecular weight is 222 g/mol. The molecule has 1 amide bonds. The van der Waals surface area contributed by atoms with E-state index < -0.39 is 5.82 Å². The first-order chi connectivity index (χ1) is 7.66. The minimum Gasteiger partial charge on any atom is -0.322 e. The summed E-state index contributed by atoms with van der Waals surface area (Å²) in [5.41, 5.74) is 1.19. The Hall–Kier alpha value is -1.42. The number of aryl methyl sites for hydroxylation is 1. The summed E-state index contributed by atoms with van der Waals surface area (Å²) in [7, 11) is 0. The van der Waals surface area contributed by atoms with Gasteiger partial charge in [-0.1, -0.05) is 6.07 Å². The lowest BCUT2D eigenvalue weighted by Gasteiger charge is -2.12. The lowest BCUT2D eigenvalue weighted by atomic mass is 10.2. The highest BCUT2D eigenvalue weighted by molar-refractivity contribution is 5.95. The summed E-state index contributed by atoms with van der Waals surface area (Å²) in [6.45, 7) is 2.72. The highest BCUT2D eigenvalue weighted by Crippen LogP contribution is 2.17. The number of hydrogen-bond donors (Lipinski definition) is 2. The monoisotopic (exact) mass is 222 g/mol. The van der Waals surface area contributed by atoms with Gasteiger partial charge >= 0.3 is 0 Å². The third-order valence-corrected chi connectivity index (χ3v) is 2.76. The zero-order valence-electron chi connectivity index (χ0n) is 9.22. The second-order valence-corrected chi connectivity index (χ2v) is 4.12. The van der Waals surface area contributed by atoms with Crippen LogP contribution in [0.4, 0.5) is 10.1 Å². The van der Waals surface area contributed by atoms with Crippen molar-refractivity contribution in [2.75, 3.05) is 11.9 Å². The van der Waals surface area contributed by atoms with Gasteiger partial charge in [-0.25, -0.2) is 4.39 Å². The maximum atomic E-state index is 13.4. The highest BCUT2D eigenvalue weighted by atomic mass is 19.1. The minimum absolute atomic E-state index is 0.151. The number of rotatable bonds is 2. The van der Waals surface area contributed by atoms with Crippen LogP contribution in [0.5, 0.6) is 0 Å². The number of carbonyl (C=O) groups is 1. The summed E-state index contributed by atoms with van der Waals surface area (Å²) in [5.74, 6) is -0.543. The molecule has 0 bridgehead atoms. The van der Waals surface area contributed by atoms with Gasteiger partial charge in [0.1, 0.15) is 5.82 Å². The van der Waals surface area contributed by atoms with E-state index in [0.717, 1.165) is 24.9 Å². The molecular weight excluding hydrogens is 207 g/mol. The molecular formula is C12H15FN2O. The molecule has 0 spiro atoms. The molecule has 0 saturated carbocycles. The third kappa shape index (κ3) is 2.39. The van der Waals surface area contributed by atoms with Crippen molar-refractivity contribution < 1.29 is 9.18 Å². The molecule has 0 unspecified atom stereocenters. The summed E-state index contributed by atoms with van der Waals surface area (Å²) in [6.07, 6.45) is 1.81. The van der Waals surface area contributed by atoms with Gasteiger partial charge in [-0.2, -0.15) is 0 Å². The standard InChI is InChI=1S/C12H15FN2O/c1-8-4-5-9(13)11(7-8)15-12(16)10-3-2-6-14-10/h4-5,7,10,14H,2-3,6H2,1H3,(H,15,16)/t10-/m0/s1. The van der Waals surface area contributed by atoms with Crippen LogP contribution in [0.1, 0.15) is 18.4 Å². The van der Waals surface area contributed by atoms with Crippen molar-refractivity contribution >= 4 is 11.6 Å². The van der Waals surface area contributed by atoms with E-state index >= 15 is 0 Å². The smallest absolute Gasteiger partial charge is 0.241 e. The molecule has 0 aliphatic carbocycles. The molecule has 86 valence electrons. The molecule has 1 aromatic carbocycles. The van der Waals surface area contributed by atoms with E-state index in [-0.39, 0.29) is 17.6 Å². The summed E-state index contributed by atoms with van der Waals surface area (Å²) in [4.78, 5) is 11.7. The maximum absolute atomic E-state index is 13.4. The van der Waals surface area contributed by atoms with Gasteiger partial charge in [-0.15, -0.1) is 0 Å². The van der Waals surface area contributed by atoms with Crippen LogP contribution in [-0.4, -0.2) is 18.5 Å². The van der Waals surface area contributed by atoms with Crippen molar-refractivity contribution in [3.8, 4) is 0 Å². The first-order valence-electron chi connectivity index (χ1n) is 5.47. The number of carbonyl (C=O) groups excluding carboxylic acids is 1. The highest BCUT2D eigenvalue weighted by Gasteiger charge is 2.22. The lowest BCUT2D eigenvalue weighted by Crippen LogP contribution is -2.35. The van der Waals surface area contributed by atoms with Gasteiger partial charge in [0.2, 0.25) is 5.91 Å². The van der Waals surface area contributed by atoms with Crippen LogP contribution in [0.3, 0.4) is 0 Å². The Labute approximate surface area is 94.0 Å². The van der Waals surface area contributed by atoms with E-state index in [9.17, 15) is 9.18 Å². The maximum Gasteiger partial charge on any atom is 0.241 e. The molecule has 1 aromatic rings. The fourth-order valence-corrected chi connectivity index (χ4v) is 1.86. The van der Waals surface area contributed by atoms with E-state index in [4.69, 9.17) is 0 Å². The summed E-state index contributed by atoms with van der Waals surface area (Å²) < 4.78 is 13.4. The molecule has 1 fully saturated rings. The van der Waals surface area contributed by atoms with Crippen LogP contribution in [0.15, 0.2) is 18.2 Å². The molecule has 2 N–H and O–H groups in total. The van der Waals surface area contributed by atoms with Gasteiger partial charge in [0.25, 0.3) is 0 Å². The largest absolute Gasteiger partial charge is 0.322 e. The van der Waals surface area contributed by atoms with Crippen molar-refractivity contribution in [2.24, 2.45) is 0 Å². The van der Waals surface area contributed by atoms with Crippen molar-refractivity contribution in [3.05, 3.63) is 29.6 Å². The fourth-order valence-electron chi connectivity index (χ4n) is 1.86. The third-order valence-electron chi connectivity index (χ3n) is 2.76. The second kappa shape index (κ2) is 4.61. The second-order valence-electron chi connectivity index (χ2n) is 4.12. The van der Waals surface area contributed by atoms with Crippen molar-refractivity contribution in [3.63, 3.8) is 0 Å². The molecule has 1 heterocycles. The Kier molecular flexibility index (Phi) is 3.19. The number of amides is 1. The van der Waals surface area contributed by atoms with Crippen LogP contribution >= 0.6 is 0 Å². The van der Waals surface area contributed by atoms with E-state index in [2.05, 4.69) is 10.6 Å². The lowest BCUT2D eigenvalue weighted by molar-refractivity contribution is -0.117. The molecule has 1 aliphatic rings. The van der Waals surface area contributed by atoms with Gasteiger partial charge in [0.05, 0.1) is 11.7 Å². The summed E-state index contributed by atoms with van der Waals surface area (Å²) >= 11 is 0. The molecule has 4 heteroatoms. The predicted molar refractivity (Wildman–Crippen MR) is 60.8 cm³/mol. The molecule has 1 atom stereocenters. The molecule has 3 nitrogen and oxygen atoms in total. The normalized spacial score (nSPS) is 19.8. The number of benzene rings is 1. The zero-order valence-corrected chi connectivity index (χ0v) is 9.22. The number of halogens is 1. The minimum atomic E-state index is -0.392. The average Bonchev–Trinajstić information content (AvgIpc) is 2.76. The van der Waals surface area contributed by atoms with E-state index in [1.54, 1.807) is 12.1 Å². The van der Waals surface area contributed by atoms with E-state index in [0.29, 0.717) is 0 Å². The zero-order chi connectivity index (χ0) is 11.5. The van der Waals surface area contributed by atoms with Crippen LogP contribution < -0.4 is 10.6 Å². The fraction of sp³-hybridized carbons (Fsp3) is 0.417. The van der Waals surface area contributed by atoms with Crippen LogP contribution in [0.25, 0.3) is 0 Å². The van der Waals surface area contributed by atoms with Crippen LogP contribution in [-0.2, 0) is 4.79 Å². The van der Waals surface area contributed by atoms with Crippen molar-refractivity contribution in [1.29, 1.82) is 0 Å². The molecule has 2 rings (SSSR count). The Bertz CT molecular complexity index is 400. The Morgan fingerprint density at radius 3 is 3.06 bits per heavy atom. The van der Waals surface area contributed by atoms with Crippen LogP contribution in [0, 0.1) is 12.7 Å². The van der Waals surface area contributed by atoms with Gasteiger partial charge in [0.15, 0.2) is 0 Å². The first kappa shape index (κ1) is 11.1. The Balaban J connectivity index is 2.07. The van der Waals surface area contributed by atoms with Crippen molar-refractivity contribution in [2.45, 2.75) is 25.8 Å². The molecule has 16 heavy (non-hydrogen) atoms. The predicted octanol–water partition coefficient (Wildman–Crippen LogP) is 1.82. The number of hydrogen-bond acceptors (Lipinski definition) is 2. The van der Waals surface area contributed by atoms with E-state index in [1.807, 2.05) is 6.92 Å². The van der Waals surface area contributed by atoms with Gasteiger partial charge in [0, 0.05) is 0 Å². The van der Waals surface area contributed by atoms with Crippen molar-refractivity contribution in [1.82, 2.24) is 5.32 Å². The number of nitrogens with one attached hydrogen (secondary N) is 2. The SMILES string of the molecule is Cc1ccc(F)c(NC(=O)[C@@H]2CCCN2)c1. The molecule has 0 aromatic heterocycles. The Morgan fingerprint density at radius 1 is 1.56 bits per heavy atom. The van der Waals surface area contributed by atoms with Crippen LogP contribution in [0.2, 0.25) is 0 Å². The first-order valence-corrected chi connectivity index (χ1v) is 5.47. The Morgan fingerprint density at radius 2 is 2.38 bits per heavy atom. The van der Waals surface area contributed by atoms with Gasteiger partial charge in [-0.05, 0) is 44.0 Å². The number of anilines is 1. The van der Waals surface area contributed by atoms with E-state index in [1.165, 1.54) is 6.07 Å². The van der Waals surface area contributed by atoms with Gasteiger partial charge < -0.3 is 10.6 Å². The molecule has 1 aliphatic heterocycles. The molecule has 0 radical (unpaired) electrons. The molecule has 1 saturated heterocycles.